The molecule has 0 amide bonds. The van der Waals surface area contributed by atoms with Gasteiger partial charge in [0.15, 0.2) is 0 Å². The standard InChI is InChI=1S/C18H21NO2S/c1-3-4-10-18(16-8-6-5-7-9-16)19-22(20,21)17-13-11-15(2)12-14-17/h3,5-9,11-14,18-19H,1,4,10H2,2H3. The summed E-state index contributed by atoms with van der Waals surface area (Å²) in [4.78, 5) is 0.289. The molecule has 1 N–H and O–H groups in total. The number of allylic oxidation sites excluding steroid dienone is 1. The van der Waals surface area contributed by atoms with Gasteiger partial charge in [-0.2, -0.15) is 0 Å². The van der Waals surface area contributed by atoms with Gasteiger partial charge in [0.2, 0.25) is 10.0 Å². The highest BCUT2D eigenvalue weighted by Crippen LogP contribution is 2.22. The second-order valence-corrected chi connectivity index (χ2v) is 6.98. The SMILES string of the molecule is C=CCCC(NS(=O)(=O)c1ccc(C)cc1)c1ccccc1. The molecule has 3 nitrogen and oxygen atoms in total. The van der Waals surface area contributed by atoms with Crippen molar-refractivity contribution in [1.82, 2.24) is 4.72 Å². The Bertz CT molecular complexity index is 707. The summed E-state index contributed by atoms with van der Waals surface area (Å²) in [5.74, 6) is 0. The number of nitrogens with one attached hydrogen (secondary N) is 1. The largest absolute Gasteiger partial charge is 0.241 e. The van der Waals surface area contributed by atoms with Gasteiger partial charge < -0.3 is 0 Å². The third-order valence-electron chi connectivity index (χ3n) is 3.49. The molecule has 1 unspecified atom stereocenters. The van der Waals surface area contributed by atoms with Crippen molar-refractivity contribution < 1.29 is 8.42 Å². The quantitative estimate of drug-likeness (QED) is 0.786. The number of hydrogen-bond acceptors (Lipinski definition) is 2. The highest BCUT2D eigenvalue weighted by atomic mass is 32.2. The van der Waals surface area contributed by atoms with E-state index in [4.69, 9.17) is 0 Å². The fourth-order valence-corrected chi connectivity index (χ4v) is 3.50. The van der Waals surface area contributed by atoms with E-state index in [2.05, 4.69) is 11.3 Å². The van der Waals surface area contributed by atoms with Gasteiger partial charge in [0.1, 0.15) is 0 Å². The van der Waals surface area contributed by atoms with Gasteiger partial charge in [-0.15, -0.1) is 6.58 Å². The van der Waals surface area contributed by atoms with Gasteiger partial charge in [-0.3, -0.25) is 0 Å². The summed E-state index contributed by atoms with van der Waals surface area (Å²) < 4.78 is 27.9. The van der Waals surface area contributed by atoms with Gasteiger partial charge in [0.25, 0.3) is 0 Å². The first-order valence-corrected chi connectivity index (χ1v) is 8.76. The average Bonchev–Trinajstić information content (AvgIpc) is 2.52. The Morgan fingerprint density at radius 3 is 2.32 bits per heavy atom. The third kappa shape index (κ3) is 4.29. The molecule has 0 fully saturated rings. The molecule has 0 saturated carbocycles. The normalized spacial score (nSPS) is 12.8. The van der Waals surface area contributed by atoms with Crippen molar-refractivity contribution in [1.29, 1.82) is 0 Å². The zero-order valence-electron chi connectivity index (χ0n) is 12.7. The van der Waals surface area contributed by atoms with Crippen LogP contribution in [0.25, 0.3) is 0 Å². The minimum Gasteiger partial charge on any atom is -0.207 e. The van der Waals surface area contributed by atoms with Crippen LogP contribution in [0.2, 0.25) is 0 Å². The number of rotatable bonds is 7. The van der Waals surface area contributed by atoms with Crippen molar-refractivity contribution in [3.8, 4) is 0 Å². The highest BCUT2D eigenvalue weighted by Gasteiger charge is 2.20. The number of sulfonamides is 1. The lowest BCUT2D eigenvalue weighted by Gasteiger charge is -2.19. The highest BCUT2D eigenvalue weighted by molar-refractivity contribution is 7.89. The van der Waals surface area contributed by atoms with Gasteiger partial charge in [0, 0.05) is 6.04 Å². The molecule has 0 spiro atoms. The Balaban J connectivity index is 2.25. The van der Waals surface area contributed by atoms with E-state index in [0.717, 1.165) is 17.5 Å². The first-order valence-electron chi connectivity index (χ1n) is 7.28. The maximum absolute atomic E-state index is 12.6. The Morgan fingerprint density at radius 1 is 1.09 bits per heavy atom. The second-order valence-electron chi connectivity index (χ2n) is 5.26. The molecule has 0 aromatic heterocycles. The van der Waals surface area contributed by atoms with E-state index in [9.17, 15) is 8.42 Å². The lowest BCUT2D eigenvalue weighted by atomic mass is 10.0. The van der Waals surface area contributed by atoms with E-state index in [0.29, 0.717) is 6.42 Å². The molecule has 2 aromatic rings. The van der Waals surface area contributed by atoms with Gasteiger partial charge in [-0.25, -0.2) is 13.1 Å². The fraction of sp³-hybridized carbons (Fsp3) is 0.222. The Labute approximate surface area is 132 Å². The predicted molar refractivity (Wildman–Crippen MR) is 90.1 cm³/mol. The van der Waals surface area contributed by atoms with Crippen LogP contribution >= 0.6 is 0 Å². The molecule has 0 aliphatic rings. The van der Waals surface area contributed by atoms with Crippen molar-refractivity contribution >= 4 is 10.0 Å². The summed E-state index contributed by atoms with van der Waals surface area (Å²) in [6.07, 6.45) is 3.23. The summed E-state index contributed by atoms with van der Waals surface area (Å²) in [5.41, 5.74) is 1.99. The summed E-state index contributed by atoms with van der Waals surface area (Å²) >= 11 is 0. The molecule has 2 aromatic carbocycles. The van der Waals surface area contributed by atoms with Crippen LogP contribution in [0.15, 0.2) is 72.1 Å². The topological polar surface area (TPSA) is 46.2 Å². The zero-order valence-corrected chi connectivity index (χ0v) is 13.5. The average molecular weight is 315 g/mol. The summed E-state index contributed by atoms with van der Waals surface area (Å²) in [5, 5.41) is 0. The van der Waals surface area contributed by atoms with Crippen LogP contribution in [0.4, 0.5) is 0 Å². The van der Waals surface area contributed by atoms with E-state index < -0.39 is 10.0 Å². The first kappa shape index (κ1) is 16.5. The second kappa shape index (κ2) is 7.38. The Morgan fingerprint density at radius 2 is 1.73 bits per heavy atom. The van der Waals surface area contributed by atoms with E-state index in [1.165, 1.54) is 0 Å². The fourth-order valence-electron chi connectivity index (χ4n) is 2.24. The lowest BCUT2D eigenvalue weighted by molar-refractivity contribution is 0.542. The summed E-state index contributed by atoms with van der Waals surface area (Å²) in [6, 6.07) is 16.2. The van der Waals surface area contributed by atoms with Crippen molar-refractivity contribution in [3.05, 3.63) is 78.4 Å². The van der Waals surface area contributed by atoms with Gasteiger partial charge in [-0.1, -0.05) is 54.1 Å². The molecule has 0 heterocycles. The molecule has 4 heteroatoms. The smallest absolute Gasteiger partial charge is 0.207 e. The van der Waals surface area contributed by atoms with Gasteiger partial charge in [-0.05, 0) is 37.5 Å². The predicted octanol–water partition coefficient (Wildman–Crippen LogP) is 3.98. The molecule has 0 radical (unpaired) electrons. The van der Waals surface area contributed by atoms with Crippen LogP contribution in [0.1, 0.15) is 30.0 Å². The number of hydrogen-bond donors (Lipinski definition) is 1. The van der Waals surface area contributed by atoms with Crippen LogP contribution in [-0.2, 0) is 10.0 Å². The van der Waals surface area contributed by atoms with Crippen LogP contribution in [0.5, 0.6) is 0 Å². The van der Waals surface area contributed by atoms with Crippen LogP contribution in [0, 0.1) is 6.92 Å². The molecule has 0 saturated heterocycles. The molecule has 0 aliphatic carbocycles. The van der Waals surface area contributed by atoms with E-state index in [-0.39, 0.29) is 10.9 Å². The number of benzene rings is 2. The van der Waals surface area contributed by atoms with Crippen LogP contribution in [-0.4, -0.2) is 8.42 Å². The van der Waals surface area contributed by atoms with E-state index in [1.54, 1.807) is 30.3 Å². The van der Waals surface area contributed by atoms with Crippen LogP contribution in [0.3, 0.4) is 0 Å². The van der Waals surface area contributed by atoms with Crippen molar-refractivity contribution in [2.24, 2.45) is 0 Å². The molecule has 2 rings (SSSR count). The van der Waals surface area contributed by atoms with Crippen molar-refractivity contribution in [2.75, 3.05) is 0 Å². The lowest BCUT2D eigenvalue weighted by Crippen LogP contribution is -2.28. The molecular formula is C18H21NO2S. The zero-order chi connectivity index (χ0) is 16.0. The first-order chi connectivity index (χ1) is 10.5. The number of aryl methyl sites for hydroxylation is 1. The minimum atomic E-state index is -3.54. The Kier molecular flexibility index (Phi) is 5.52. The third-order valence-corrected chi connectivity index (χ3v) is 4.98. The van der Waals surface area contributed by atoms with Gasteiger partial charge >= 0.3 is 0 Å². The van der Waals surface area contributed by atoms with Crippen molar-refractivity contribution in [3.63, 3.8) is 0 Å². The van der Waals surface area contributed by atoms with Crippen LogP contribution < -0.4 is 4.72 Å². The monoisotopic (exact) mass is 315 g/mol. The minimum absolute atomic E-state index is 0.259. The molecular weight excluding hydrogens is 294 g/mol. The molecule has 22 heavy (non-hydrogen) atoms. The molecule has 0 aliphatic heterocycles. The maximum Gasteiger partial charge on any atom is 0.241 e. The van der Waals surface area contributed by atoms with E-state index in [1.807, 2.05) is 37.3 Å². The van der Waals surface area contributed by atoms with Crippen molar-refractivity contribution in [2.45, 2.75) is 30.7 Å². The molecule has 116 valence electrons. The molecule has 1 atom stereocenters. The maximum atomic E-state index is 12.6. The Hall–Kier alpha value is -1.91. The van der Waals surface area contributed by atoms with Gasteiger partial charge in [0.05, 0.1) is 4.90 Å². The molecule has 0 bridgehead atoms. The van der Waals surface area contributed by atoms with E-state index >= 15 is 0 Å². The summed E-state index contributed by atoms with van der Waals surface area (Å²) in [6.45, 7) is 5.64. The summed E-state index contributed by atoms with van der Waals surface area (Å²) in [7, 11) is -3.54.